The standard InChI is InChI=1S/C15H21N5/c1-5-16-13-9(2)15(19-14(18-13)12-6-7-12)20-8-17-10(3)11(20)4/h8,12H,5-7H2,1-4H3,(H,16,18,19). The van der Waals surface area contributed by atoms with Gasteiger partial charge in [0.25, 0.3) is 0 Å². The predicted molar refractivity (Wildman–Crippen MR) is 79.5 cm³/mol. The second-order valence-electron chi connectivity index (χ2n) is 5.47. The zero-order valence-electron chi connectivity index (χ0n) is 12.6. The van der Waals surface area contributed by atoms with Crippen molar-refractivity contribution >= 4 is 5.82 Å². The van der Waals surface area contributed by atoms with E-state index in [-0.39, 0.29) is 0 Å². The molecule has 3 rings (SSSR count). The SMILES string of the molecule is CCNc1nc(C2CC2)nc(-n2cnc(C)c2C)c1C. The van der Waals surface area contributed by atoms with Crippen LogP contribution in [-0.4, -0.2) is 26.1 Å². The summed E-state index contributed by atoms with van der Waals surface area (Å²) in [6.07, 6.45) is 4.26. The molecule has 0 bridgehead atoms. The van der Waals surface area contributed by atoms with Crippen molar-refractivity contribution in [1.82, 2.24) is 19.5 Å². The highest BCUT2D eigenvalue weighted by Crippen LogP contribution is 2.39. The molecule has 0 aliphatic heterocycles. The normalized spacial score (nSPS) is 14.6. The van der Waals surface area contributed by atoms with Gasteiger partial charge in [0, 0.05) is 23.7 Å². The Morgan fingerprint density at radius 3 is 2.55 bits per heavy atom. The van der Waals surface area contributed by atoms with Gasteiger partial charge in [-0.3, -0.25) is 4.57 Å². The van der Waals surface area contributed by atoms with E-state index in [0.29, 0.717) is 5.92 Å². The Balaban J connectivity index is 2.15. The van der Waals surface area contributed by atoms with Gasteiger partial charge in [-0.1, -0.05) is 0 Å². The molecule has 5 heteroatoms. The van der Waals surface area contributed by atoms with Crippen LogP contribution in [0.25, 0.3) is 5.82 Å². The Kier molecular flexibility index (Phi) is 3.20. The van der Waals surface area contributed by atoms with Crippen molar-refractivity contribution in [1.29, 1.82) is 0 Å². The molecule has 0 aromatic carbocycles. The minimum Gasteiger partial charge on any atom is -0.370 e. The van der Waals surface area contributed by atoms with E-state index in [2.05, 4.69) is 35.6 Å². The van der Waals surface area contributed by atoms with Crippen molar-refractivity contribution in [2.45, 2.75) is 46.5 Å². The molecule has 0 unspecified atom stereocenters. The van der Waals surface area contributed by atoms with Gasteiger partial charge < -0.3 is 5.32 Å². The maximum Gasteiger partial charge on any atom is 0.146 e. The summed E-state index contributed by atoms with van der Waals surface area (Å²) in [7, 11) is 0. The van der Waals surface area contributed by atoms with Gasteiger partial charge in [0.05, 0.1) is 5.69 Å². The van der Waals surface area contributed by atoms with Gasteiger partial charge in [-0.25, -0.2) is 15.0 Å². The van der Waals surface area contributed by atoms with Gasteiger partial charge in [-0.15, -0.1) is 0 Å². The van der Waals surface area contributed by atoms with Gasteiger partial charge in [-0.2, -0.15) is 0 Å². The highest BCUT2D eigenvalue weighted by atomic mass is 15.2. The Morgan fingerprint density at radius 2 is 2.00 bits per heavy atom. The van der Waals surface area contributed by atoms with Gasteiger partial charge >= 0.3 is 0 Å². The Bertz CT molecular complexity index is 640. The third-order valence-corrected chi connectivity index (χ3v) is 3.90. The Hall–Kier alpha value is -1.91. The maximum absolute atomic E-state index is 4.79. The number of nitrogens with one attached hydrogen (secondary N) is 1. The second kappa shape index (κ2) is 4.89. The summed E-state index contributed by atoms with van der Waals surface area (Å²) in [5, 5.41) is 3.35. The van der Waals surface area contributed by atoms with Crippen LogP contribution in [0, 0.1) is 20.8 Å². The van der Waals surface area contributed by atoms with Crippen LogP contribution < -0.4 is 5.32 Å². The van der Waals surface area contributed by atoms with E-state index in [1.165, 1.54) is 12.8 Å². The lowest BCUT2D eigenvalue weighted by Crippen LogP contribution is -2.11. The fourth-order valence-corrected chi connectivity index (χ4v) is 2.33. The van der Waals surface area contributed by atoms with Crippen LogP contribution >= 0.6 is 0 Å². The molecule has 1 N–H and O–H groups in total. The van der Waals surface area contributed by atoms with Crippen molar-refractivity contribution in [3.05, 3.63) is 29.1 Å². The van der Waals surface area contributed by atoms with E-state index in [4.69, 9.17) is 9.97 Å². The van der Waals surface area contributed by atoms with E-state index in [1.54, 1.807) is 0 Å². The lowest BCUT2D eigenvalue weighted by Gasteiger charge is -2.14. The zero-order chi connectivity index (χ0) is 14.3. The van der Waals surface area contributed by atoms with Crippen LogP contribution in [0.3, 0.4) is 0 Å². The number of anilines is 1. The molecule has 0 amide bonds. The van der Waals surface area contributed by atoms with Crippen molar-refractivity contribution in [2.24, 2.45) is 0 Å². The van der Waals surface area contributed by atoms with Gasteiger partial charge in [0.1, 0.15) is 23.8 Å². The molecule has 20 heavy (non-hydrogen) atoms. The smallest absolute Gasteiger partial charge is 0.146 e. The highest BCUT2D eigenvalue weighted by molar-refractivity contribution is 5.52. The fraction of sp³-hybridized carbons (Fsp3) is 0.533. The molecule has 2 heterocycles. The molecule has 0 radical (unpaired) electrons. The maximum atomic E-state index is 4.79. The molecule has 2 aromatic heterocycles. The van der Waals surface area contributed by atoms with Crippen molar-refractivity contribution in [3.63, 3.8) is 0 Å². The molecule has 0 saturated heterocycles. The second-order valence-corrected chi connectivity index (χ2v) is 5.47. The number of rotatable bonds is 4. The zero-order valence-corrected chi connectivity index (χ0v) is 12.6. The Labute approximate surface area is 119 Å². The average Bonchev–Trinajstić information content (AvgIpc) is 3.22. The average molecular weight is 271 g/mol. The van der Waals surface area contributed by atoms with E-state index in [9.17, 15) is 0 Å². The van der Waals surface area contributed by atoms with E-state index in [1.807, 2.05) is 13.3 Å². The van der Waals surface area contributed by atoms with Gasteiger partial charge in [-0.05, 0) is 40.5 Å². The molecule has 1 aliphatic rings. The largest absolute Gasteiger partial charge is 0.370 e. The van der Waals surface area contributed by atoms with Crippen molar-refractivity contribution < 1.29 is 0 Å². The Morgan fingerprint density at radius 1 is 1.25 bits per heavy atom. The molecule has 0 atom stereocenters. The lowest BCUT2D eigenvalue weighted by molar-refractivity contribution is 0.852. The number of hydrogen-bond acceptors (Lipinski definition) is 4. The first kappa shape index (κ1) is 13.1. The fourth-order valence-electron chi connectivity index (χ4n) is 2.33. The third kappa shape index (κ3) is 2.17. The molecule has 5 nitrogen and oxygen atoms in total. The summed E-state index contributed by atoms with van der Waals surface area (Å²) in [6, 6.07) is 0. The van der Waals surface area contributed by atoms with E-state index >= 15 is 0 Å². The first-order valence-electron chi connectivity index (χ1n) is 7.25. The minimum absolute atomic E-state index is 0.539. The van der Waals surface area contributed by atoms with E-state index < -0.39 is 0 Å². The van der Waals surface area contributed by atoms with Crippen LogP contribution in [-0.2, 0) is 0 Å². The summed E-state index contributed by atoms with van der Waals surface area (Å²) in [4.78, 5) is 13.9. The summed E-state index contributed by atoms with van der Waals surface area (Å²) in [5.41, 5.74) is 3.26. The first-order valence-corrected chi connectivity index (χ1v) is 7.25. The molecule has 1 saturated carbocycles. The number of nitrogens with zero attached hydrogens (tertiary/aromatic N) is 4. The summed E-state index contributed by atoms with van der Waals surface area (Å²) in [6.45, 7) is 9.12. The molecule has 0 spiro atoms. The number of aryl methyl sites for hydroxylation is 1. The van der Waals surface area contributed by atoms with Crippen LogP contribution in [0.15, 0.2) is 6.33 Å². The number of hydrogen-bond donors (Lipinski definition) is 1. The molecule has 1 fully saturated rings. The van der Waals surface area contributed by atoms with Crippen LogP contribution in [0.5, 0.6) is 0 Å². The monoisotopic (exact) mass is 271 g/mol. The summed E-state index contributed by atoms with van der Waals surface area (Å²) < 4.78 is 2.07. The molecule has 1 aliphatic carbocycles. The summed E-state index contributed by atoms with van der Waals surface area (Å²) >= 11 is 0. The predicted octanol–water partition coefficient (Wildman–Crippen LogP) is 2.90. The number of imidazole rings is 1. The van der Waals surface area contributed by atoms with Crippen molar-refractivity contribution in [2.75, 3.05) is 11.9 Å². The minimum atomic E-state index is 0.539. The topological polar surface area (TPSA) is 55.6 Å². The molecule has 106 valence electrons. The van der Waals surface area contributed by atoms with Crippen molar-refractivity contribution in [3.8, 4) is 5.82 Å². The quantitative estimate of drug-likeness (QED) is 0.929. The number of aromatic nitrogens is 4. The third-order valence-electron chi connectivity index (χ3n) is 3.90. The lowest BCUT2D eigenvalue weighted by atomic mass is 10.2. The molecular weight excluding hydrogens is 250 g/mol. The molecular formula is C15H21N5. The van der Waals surface area contributed by atoms with Gasteiger partial charge in [0.15, 0.2) is 0 Å². The highest BCUT2D eigenvalue weighted by Gasteiger charge is 2.28. The van der Waals surface area contributed by atoms with Crippen LogP contribution in [0.2, 0.25) is 0 Å². The first-order chi connectivity index (χ1) is 9.61. The van der Waals surface area contributed by atoms with Gasteiger partial charge in [0.2, 0.25) is 0 Å². The molecule has 2 aromatic rings. The van der Waals surface area contributed by atoms with Crippen LogP contribution in [0.4, 0.5) is 5.82 Å². The van der Waals surface area contributed by atoms with Crippen LogP contribution in [0.1, 0.15) is 48.5 Å². The summed E-state index contributed by atoms with van der Waals surface area (Å²) in [5.74, 6) is 3.41. The van der Waals surface area contributed by atoms with E-state index in [0.717, 1.165) is 41.0 Å².